The van der Waals surface area contributed by atoms with E-state index in [-0.39, 0.29) is 0 Å². The number of ether oxygens (including phenoxy) is 2. The molecule has 0 spiro atoms. The van der Waals surface area contributed by atoms with E-state index in [0.29, 0.717) is 26.4 Å². The summed E-state index contributed by atoms with van der Waals surface area (Å²) in [5, 5.41) is 17.9. The zero-order valence-electron chi connectivity index (χ0n) is 12.5. The van der Waals surface area contributed by atoms with Gasteiger partial charge in [-0.1, -0.05) is 0 Å². The summed E-state index contributed by atoms with van der Waals surface area (Å²) < 4.78 is 12.1. The number of rotatable bonds is 9. The molecule has 0 fully saturated rings. The van der Waals surface area contributed by atoms with Crippen molar-refractivity contribution < 1.29 is 29.3 Å². The van der Waals surface area contributed by atoms with Gasteiger partial charge in [-0.15, -0.1) is 0 Å². The lowest BCUT2D eigenvalue weighted by Gasteiger charge is -2.07. The van der Waals surface area contributed by atoms with E-state index < -0.39 is 11.9 Å². The lowest BCUT2D eigenvalue weighted by atomic mass is 10.3. The highest BCUT2D eigenvalue weighted by Crippen LogP contribution is 2.13. The number of hydrogen-bond acceptors (Lipinski definition) is 6. The monoisotopic (exact) mass is 440 g/mol. The van der Waals surface area contributed by atoms with Crippen LogP contribution in [-0.2, 0) is 14.3 Å². The van der Waals surface area contributed by atoms with E-state index in [1.165, 1.54) is 3.57 Å². The second-order valence-corrected chi connectivity index (χ2v) is 5.31. The largest absolute Gasteiger partial charge is 0.491 e. The zero-order chi connectivity index (χ0) is 17.5. The van der Waals surface area contributed by atoms with Gasteiger partial charge in [0.05, 0.1) is 13.2 Å². The molecule has 0 heterocycles. The van der Waals surface area contributed by atoms with E-state index in [2.05, 4.69) is 27.9 Å². The number of carbonyl (C=O) groups is 2. The van der Waals surface area contributed by atoms with E-state index in [1.807, 2.05) is 24.3 Å². The van der Waals surface area contributed by atoms with Gasteiger partial charge in [0.1, 0.15) is 12.4 Å². The molecule has 5 N–H and O–H groups in total. The molecule has 0 radical (unpaired) electrons. The van der Waals surface area contributed by atoms with Gasteiger partial charge < -0.3 is 30.7 Å². The topological polar surface area (TPSA) is 131 Å². The molecule has 0 aromatic heterocycles. The maximum atomic E-state index is 9.10. The molecule has 0 aliphatic heterocycles. The quantitative estimate of drug-likeness (QED) is 0.247. The Hall–Kier alpha value is -1.43. The third-order valence-electron chi connectivity index (χ3n) is 2.24. The molecule has 1 aromatic carbocycles. The van der Waals surface area contributed by atoms with Gasteiger partial charge in [0, 0.05) is 23.2 Å². The summed E-state index contributed by atoms with van der Waals surface area (Å²) in [4.78, 5) is 18.2. The zero-order valence-corrected chi connectivity index (χ0v) is 14.7. The Labute approximate surface area is 148 Å². The van der Waals surface area contributed by atoms with E-state index in [4.69, 9.17) is 35.0 Å². The Morgan fingerprint density at radius 3 is 2.17 bits per heavy atom. The summed E-state index contributed by atoms with van der Waals surface area (Å²) in [6.45, 7) is 4.21. The van der Waals surface area contributed by atoms with Crippen LogP contribution in [0.2, 0.25) is 0 Å². The van der Waals surface area contributed by atoms with Crippen molar-refractivity contribution in [2.45, 2.75) is 0 Å². The lowest BCUT2D eigenvalue weighted by Crippen LogP contribution is -2.26. The second kappa shape index (κ2) is 14.2. The summed E-state index contributed by atoms with van der Waals surface area (Å²) in [5.41, 5.74) is 5.34. The molecule has 9 heteroatoms. The molecule has 0 atom stereocenters. The van der Waals surface area contributed by atoms with Gasteiger partial charge >= 0.3 is 11.9 Å². The maximum Gasteiger partial charge on any atom is 0.414 e. The first-order valence-corrected chi connectivity index (χ1v) is 7.88. The van der Waals surface area contributed by atoms with Crippen molar-refractivity contribution in [1.82, 2.24) is 5.32 Å². The van der Waals surface area contributed by atoms with Crippen LogP contribution in [0.15, 0.2) is 24.3 Å². The highest BCUT2D eigenvalue weighted by Gasteiger charge is 2.04. The van der Waals surface area contributed by atoms with Crippen LogP contribution < -0.4 is 15.8 Å². The van der Waals surface area contributed by atoms with Gasteiger partial charge in [0.2, 0.25) is 0 Å². The molecule has 0 aliphatic rings. The fourth-order valence-electron chi connectivity index (χ4n) is 1.22. The number of carboxylic acid groups (broad SMARTS) is 2. The second-order valence-electron chi connectivity index (χ2n) is 4.06. The molecule has 1 aromatic rings. The first-order chi connectivity index (χ1) is 11.0. The number of aliphatic carboxylic acids is 2. The highest BCUT2D eigenvalue weighted by atomic mass is 127. The van der Waals surface area contributed by atoms with Gasteiger partial charge in [-0.3, -0.25) is 0 Å². The van der Waals surface area contributed by atoms with Gasteiger partial charge in [-0.2, -0.15) is 0 Å². The van der Waals surface area contributed by atoms with Crippen LogP contribution in [0.25, 0.3) is 0 Å². The third-order valence-corrected chi connectivity index (χ3v) is 2.96. The summed E-state index contributed by atoms with van der Waals surface area (Å²) in [6, 6.07) is 7.97. The summed E-state index contributed by atoms with van der Waals surface area (Å²) in [6.07, 6.45) is 0. The maximum absolute atomic E-state index is 9.10. The number of nitrogens with two attached hydrogens (primary N) is 1. The molecular formula is C14H21IN2O6. The third kappa shape index (κ3) is 13.9. The molecule has 0 saturated carbocycles. The first-order valence-electron chi connectivity index (χ1n) is 6.80. The van der Waals surface area contributed by atoms with Crippen molar-refractivity contribution in [2.24, 2.45) is 5.73 Å². The van der Waals surface area contributed by atoms with Crippen molar-refractivity contribution in [3.63, 3.8) is 0 Å². The van der Waals surface area contributed by atoms with Gasteiger partial charge in [0.25, 0.3) is 0 Å². The molecule has 1 rings (SSSR count). The Balaban J connectivity index is 0.000000688. The van der Waals surface area contributed by atoms with Crippen LogP contribution in [0.3, 0.4) is 0 Å². The van der Waals surface area contributed by atoms with Crippen LogP contribution in [0, 0.1) is 3.57 Å². The average molecular weight is 440 g/mol. The molecule has 23 heavy (non-hydrogen) atoms. The van der Waals surface area contributed by atoms with Crippen molar-refractivity contribution >= 4 is 34.5 Å². The molecule has 0 amide bonds. The minimum absolute atomic E-state index is 0.581. The number of benzene rings is 1. The summed E-state index contributed by atoms with van der Waals surface area (Å²) >= 11 is 2.27. The fraction of sp³-hybridized carbons (Fsp3) is 0.429. The van der Waals surface area contributed by atoms with E-state index in [1.54, 1.807) is 0 Å². The smallest absolute Gasteiger partial charge is 0.414 e. The average Bonchev–Trinajstić information content (AvgIpc) is 2.52. The van der Waals surface area contributed by atoms with Crippen LogP contribution in [0.4, 0.5) is 0 Å². The van der Waals surface area contributed by atoms with Crippen molar-refractivity contribution in [1.29, 1.82) is 0 Å². The first kappa shape index (κ1) is 21.6. The Morgan fingerprint density at radius 1 is 1.04 bits per heavy atom. The summed E-state index contributed by atoms with van der Waals surface area (Å²) in [5.74, 6) is -2.76. The minimum Gasteiger partial charge on any atom is -0.491 e. The van der Waals surface area contributed by atoms with Crippen LogP contribution in [0.5, 0.6) is 5.75 Å². The molecule has 0 bridgehead atoms. The normalized spacial score (nSPS) is 9.65. The SMILES string of the molecule is NCCNCCOCCOc1ccc(I)cc1.O=C(O)C(=O)O. The minimum atomic E-state index is -1.82. The predicted molar refractivity (Wildman–Crippen MR) is 92.7 cm³/mol. The summed E-state index contributed by atoms with van der Waals surface area (Å²) in [7, 11) is 0. The Kier molecular flexibility index (Phi) is 13.3. The molecule has 130 valence electrons. The van der Waals surface area contributed by atoms with Gasteiger partial charge in [0.15, 0.2) is 0 Å². The predicted octanol–water partition coefficient (Wildman–Crippen LogP) is 0.390. The molecular weight excluding hydrogens is 419 g/mol. The van der Waals surface area contributed by atoms with Crippen molar-refractivity contribution in [2.75, 3.05) is 39.5 Å². The van der Waals surface area contributed by atoms with Crippen molar-refractivity contribution in [3.05, 3.63) is 27.8 Å². The van der Waals surface area contributed by atoms with Crippen LogP contribution in [0.1, 0.15) is 0 Å². The van der Waals surface area contributed by atoms with E-state index >= 15 is 0 Å². The molecule has 0 aliphatic carbocycles. The number of carboxylic acids is 2. The molecule has 0 unspecified atom stereocenters. The number of nitrogens with one attached hydrogen (secondary N) is 1. The number of halogens is 1. The standard InChI is InChI=1S/C12H19IN2O2.C2H2O4/c13-11-1-3-12(4-2-11)17-10-9-16-8-7-15-6-5-14;3-1(4)2(5)6/h1-4,15H,5-10,14H2;(H,3,4)(H,5,6). The van der Waals surface area contributed by atoms with Crippen LogP contribution in [-0.4, -0.2) is 61.6 Å². The fourth-order valence-corrected chi connectivity index (χ4v) is 1.58. The van der Waals surface area contributed by atoms with Crippen molar-refractivity contribution in [3.8, 4) is 5.75 Å². The van der Waals surface area contributed by atoms with E-state index in [9.17, 15) is 0 Å². The Morgan fingerprint density at radius 2 is 1.65 bits per heavy atom. The Bertz CT molecular complexity index is 443. The molecule has 0 saturated heterocycles. The van der Waals surface area contributed by atoms with Gasteiger partial charge in [-0.25, -0.2) is 9.59 Å². The molecule has 8 nitrogen and oxygen atoms in total. The van der Waals surface area contributed by atoms with Crippen LogP contribution >= 0.6 is 22.6 Å². The lowest BCUT2D eigenvalue weighted by molar-refractivity contribution is -0.159. The highest BCUT2D eigenvalue weighted by molar-refractivity contribution is 14.1. The number of hydrogen-bond donors (Lipinski definition) is 4. The van der Waals surface area contributed by atoms with E-state index in [0.717, 1.165) is 18.8 Å². The van der Waals surface area contributed by atoms with Gasteiger partial charge in [-0.05, 0) is 46.9 Å².